The molecule has 0 aliphatic rings. The van der Waals surface area contributed by atoms with Gasteiger partial charge in [-0.25, -0.2) is 0 Å². The molecule has 4 nitrogen and oxygen atoms in total. The molecular formula is C17H17IN2O2. The van der Waals surface area contributed by atoms with Crippen molar-refractivity contribution >= 4 is 39.9 Å². The summed E-state index contributed by atoms with van der Waals surface area (Å²) < 4.78 is 6.59. The van der Waals surface area contributed by atoms with Gasteiger partial charge in [-0.3, -0.25) is 4.79 Å². The minimum absolute atomic E-state index is 0.112. The number of amides is 1. The van der Waals surface area contributed by atoms with Gasteiger partial charge in [0.05, 0.1) is 6.54 Å². The van der Waals surface area contributed by atoms with Gasteiger partial charge in [0.2, 0.25) is 5.91 Å². The quantitative estimate of drug-likeness (QED) is 0.540. The number of benzene rings is 2. The minimum Gasteiger partial charge on any atom is -0.489 e. The number of halogens is 1. The van der Waals surface area contributed by atoms with E-state index >= 15 is 0 Å². The highest BCUT2D eigenvalue weighted by molar-refractivity contribution is 14.1. The van der Waals surface area contributed by atoms with E-state index in [-0.39, 0.29) is 12.5 Å². The van der Waals surface area contributed by atoms with E-state index in [9.17, 15) is 4.79 Å². The van der Waals surface area contributed by atoms with E-state index in [2.05, 4.69) is 39.8 Å². The molecule has 114 valence electrons. The average molecular weight is 408 g/mol. The van der Waals surface area contributed by atoms with Crippen LogP contribution in [0.2, 0.25) is 0 Å². The van der Waals surface area contributed by atoms with E-state index in [1.165, 1.54) is 0 Å². The summed E-state index contributed by atoms with van der Waals surface area (Å²) in [6.45, 7) is 4.24. The van der Waals surface area contributed by atoms with Gasteiger partial charge in [-0.05, 0) is 59.0 Å². The van der Waals surface area contributed by atoms with Crippen molar-refractivity contribution in [3.05, 3.63) is 64.8 Å². The topological polar surface area (TPSA) is 50.4 Å². The van der Waals surface area contributed by atoms with Crippen LogP contribution in [0.4, 0.5) is 11.4 Å². The Morgan fingerprint density at radius 3 is 2.68 bits per heavy atom. The van der Waals surface area contributed by atoms with Gasteiger partial charge >= 0.3 is 0 Å². The summed E-state index contributed by atoms with van der Waals surface area (Å²) in [4.78, 5) is 11.9. The lowest BCUT2D eigenvalue weighted by Gasteiger charge is -2.09. The summed E-state index contributed by atoms with van der Waals surface area (Å²) >= 11 is 2.24. The second kappa shape index (κ2) is 8.43. The second-order valence-electron chi connectivity index (χ2n) is 4.54. The van der Waals surface area contributed by atoms with Gasteiger partial charge in [0, 0.05) is 21.0 Å². The van der Waals surface area contributed by atoms with Crippen LogP contribution in [-0.2, 0) is 4.79 Å². The maximum atomic E-state index is 11.9. The Labute approximate surface area is 143 Å². The molecule has 2 rings (SSSR count). The smallest absolute Gasteiger partial charge is 0.243 e. The summed E-state index contributed by atoms with van der Waals surface area (Å²) in [7, 11) is 0. The normalized spacial score (nSPS) is 9.86. The molecule has 0 saturated carbocycles. The maximum Gasteiger partial charge on any atom is 0.243 e. The number of carbonyl (C=O) groups excluding carboxylic acids is 1. The zero-order valence-corrected chi connectivity index (χ0v) is 14.2. The summed E-state index contributed by atoms with van der Waals surface area (Å²) in [5.74, 6) is 0.586. The fraction of sp³-hybridized carbons (Fsp3) is 0.118. The molecule has 0 heterocycles. The Bertz CT molecular complexity index is 641. The van der Waals surface area contributed by atoms with E-state index < -0.39 is 0 Å². The Hall–Kier alpha value is -2.02. The van der Waals surface area contributed by atoms with Crippen molar-refractivity contribution in [2.45, 2.75) is 0 Å². The number of anilines is 2. The van der Waals surface area contributed by atoms with Crippen LogP contribution in [0.15, 0.2) is 61.2 Å². The van der Waals surface area contributed by atoms with Gasteiger partial charge in [-0.15, -0.1) is 0 Å². The summed E-state index contributed by atoms with van der Waals surface area (Å²) in [6, 6.07) is 15.1. The number of ether oxygens (including phenoxy) is 1. The molecule has 0 radical (unpaired) electrons. The molecular weight excluding hydrogens is 391 g/mol. The largest absolute Gasteiger partial charge is 0.489 e. The van der Waals surface area contributed by atoms with Crippen molar-refractivity contribution in [3.8, 4) is 5.75 Å². The predicted octanol–water partition coefficient (Wildman–Crippen LogP) is 3.91. The Balaban J connectivity index is 1.86. The van der Waals surface area contributed by atoms with Gasteiger partial charge in [0.25, 0.3) is 0 Å². The molecule has 0 bridgehead atoms. The van der Waals surface area contributed by atoms with Crippen LogP contribution in [0.1, 0.15) is 0 Å². The minimum atomic E-state index is -0.112. The van der Waals surface area contributed by atoms with Gasteiger partial charge in [-0.2, -0.15) is 0 Å². The van der Waals surface area contributed by atoms with Crippen LogP contribution >= 0.6 is 22.6 Å². The van der Waals surface area contributed by atoms with E-state index in [0.29, 0.717) is 18.0 Å². The first-order valence-corrected chi connectivity index (χ1v) is 7.88. The molecule has 5 heteroatoms. The molecule has 0 fully saturated rings. The molecule has 0 aliphatic carbocycles. The van der Waals surface area contributed by atoms with Crippen LogP contribution in [0.25, 0.3) is 0 Å². The number of rotatable bonds is 7. The molecule has 1 amide bonds. The zero-order valence-electron chi connectivity index (χ0n) is 12.0. The highest BCUT2D eigenvalue weighted by Crippen LogP contribution is 2.17. The third kappa shape index (κ3) is 5.40. The fourth-order valence-corrected chi connectivity index (χ4v) is 2.13. The van der Waals surface area contributed by atoms with Crippen LogP contribution in [0.3, 0.4) is 0 Å². The third-order valence-corrected chi connectivity index (χ3v) is 3.50. The molecule has 22 heavy (non-hydrogen) atoms. The third-order valence-electron chi connectivity index (χ3n) is 2.78. The zero-order chi connectivity index (χ0) is 15.8. The number of carbonyl (C=O) groups is 1. The van der Waals surface area contributed by atoms with Crippen LogP contribution < -0.4 is 15.4 Å². The molecule has 0 unspecified atom stereocenters. The van der Waals surface area contributed by atoms with Gasteiger partial charge in [0.1, 0.15) is 12.4 Å². The van der Waals surface area contributed by atoms with E-state index in [0.717, 1.165) is 9.26 Å². The molecule has 0 saturated heterocycles. The van der Waals surface area contributed by atoms with Gasteiger partial charge in [0.15, 0.2) is 0 Å². The van der Waals surface area contributed by atoms with Crippen LogP contribution in [0, 0.1) is 3.57 Å². The van der Waals surface area contributed by atoms with Crippen LogP contribution in [-0.4, -0.2) is 19.1 Å². The average Bonchev–Trinajstić information content (AvgIpc) is 2.53. The Morgan fingerprint density at radius 1 is 1.18 bits per heavy atom. The molecule has 2 aromatic rings. The second-order valence-corrected chi connectivity index (χ2v) is 5.78. The van der Waals surface area contributed by atoms with E-state index in [1.54, 1.807) is 12.1 Å². The molecule has 2 aromatic carbocycles. The molecule has 0 spiro atoms. The highest BCUT2D eigenvalue weighted by Gasteiger charge is 2.03. The fourth-order valence-electron chi connectivity index (χ4n) is 1.77. The molecule has 0 aliphatic heterocycles. The van der Waals surface area contributed by atoms with Crippen molar-refractivity contribution in [1.29, 1.82) is 0 Å². The van der Waals surface area contributed by atoms with E-state index in [1.807, 2.05) is 42.5 Å². The Kier molecular flexibility index (Phi) is 6.27. The molecule has 2 N–H and O–H groups in total. The first-order valence-electron chi connectivity index (χ1n) is 6.80. The SMILES string of the molecule is C=CCOc1cccc(NC(=O)CNc2ccc(I)cc2)c1. The lowest BCUT2D eigenvalue weighted by molar-refractivity contribution is -0.114. The summed E-state index contributed by atoms with van der Waals surface area (Å²) in [6.07, 6.45) is 1.68. The van der Waals surface area contributed by atoms with Crippen molar-refractivity contribution in [1.82, 2.24) is 0 Å². The highest BCUT2D eigenvalue weighted by atomic mass is 127. The number of hydrogen-bond acceptors (Lipinski definition) is 3. The van der Waals surface area contributed by atoms with Crippen LogP contribution in [0.5, 0.6) is 5.75 Å². The predicted molar refractivity (Wildman–Crippen MR) is 98.4 cm³/mol. The van der Waals surface area contributed by atoms with Crippen molar-refractivity contribution in [2.24, 2.45) is 0 Å². The van der Waals surface area contributed by atoms with Gasteiger partial charge < -0.3 is 15.4 Å². The summed E-state index contributed by atoms with van der Waals surface area (Å²) in [5, 5.41) is 5.91. The number of hydrogen-bond donors (Lipinski definition) is 2. The summed E-state index contributed by atoms with van der Waals surface area (Å²) in [5.41, 5.74) is 1.62. The Morgan fingerprint density at radius 2 is 1.95 bits per heavy atom. The number of nitrogens with one attached hydrogen (secondary N) is 2. The monoisotopic (exact) mass is 408 g/mol. The van der Waals surface area contributed by atoms with E-state index in [4.69, 9.17) is 4.74 Å². The van der Waals surface area contributed by atoms with Crippen molar-refractivity contribution in [3.63, 3.8) is 0 Å². The van der Waals surface area contributed by atoms with Crippen molar-refractivity contribution < 1.29 is 9.53 Å². The molecule has 0 aromatic heterocycles. The van der Waals surface area contributed by atoms with Gasteiger partial charge in [-0.1, -0.05) is 18.7 Å². The first kappa shape index (κ1) is 16.4. The standard InChI is InChI=1S/C17H17IN2O2/c1-2-10-22-16-5-3-4-15(11-16)20-17(21)12-19-14-8-6-13(18)7-9-14/h2-9,11,19H,1,10,12H2,(H,20,21). The maximum absolute atomic E-state index is 11.9. The lowest BCUT2D eigenvalue weighted by atomic mass is 10.3. The van der Waals surface area contributed by atoms with Crippen molar-refractivity contribution in [2.75, 3.05) is 23.8 Å². The lowest BCUT2D eigenvalue weighted by Crippen LogP contribution is -2.21. The first-order chi connectivity index (χ1) is 10.7. The molecule has 0 atom stereocenters.